The second-order valence-corrected chi connectivity index (χ2v) is 5.29. The van der Waals surface area contributed by atoms with Crippen LogP contribution in [0.25, 0.3) is 0 Å². The Hall–Kier alpha value is -1.26. The van der Waals surface area contributed by atoms with Gasteiger partial charge in [-0.1, -0.05) is 18.2 Å². The predicted octanol–water partition coefficient (Wildman–Crippen LogP) is 2.61. The summed E-state index contributed by atoms with van der Waals surface area (Å²) < 4.78 is 5.60. The second-order valence-electron chi connectivity index (χ2n) is 5.29. The molecule has 1 atom stereocenters. The van der Waals surface area contributed by atoms with Gasteiger partial charge >= 0.3 is 0 Å². The van der Waals surface area contributed by atoms with Crippen molar-refractivity contribution in [3.8, 4) is 5.75 Å². The Morgan fingerprint density at radius 2 is 2.19 bits per heavy atom. The van der Waals surface area contributed by atoms with Gasteiger partial charge in [-0.05, 0) is 32.4 Å². The van der Waals surface area contributed by atoms with Gasteiger partial charge in [-0.15, -0.1) is 12.4 Å². The number of hydrogen-bond donors (Lipinski definition) is 1. The molecular formula is C16H25ClN2O2. The van der Waals surface area contributed by atoms with Crippen molar-refractivity contribution < 1.29 is 9.53 Å². The third kappa shape index (κ3) is 5.21. The van der Waals surface area contributed by atoms with Crippen molar-refractivity contribution in [2.24, 2.45) is 0 Å². The van der Waals surface area contributed by atoms with Crippen molar-refractivity contribution in [3.63, 3.8) is 0 Å². The van der Waals surface area contributed by atoms with Crippen LogP contribution in [0.1, 0.15) is 31.7 Å². The number of rotatable bonds is 6. The molecular weight excluding hydrogens is 288 g/mol. The van der Waals surface area contributed by atoms with Crippen molar-refractivity contribution >= 4 is 18.3 Å². The van der Waals surface area contributed by atoms with Gasteiger partial charge in [0.05, 0.1) is 6.61 Å². The molecule has 1 aliphatic rings. The Bertz CT molecular complexity index is 448. The number of hydrogen-bond acceptors (Lipinski definition) is 3. The number of carbonyl (C=O) groups is 1. The van der Waals surface area contributed by atoms with E-state index in [0.29, 0.717) is 25.6 Å². The molecule has 1 saturated heterocycles. The average molecular weight is 313 g/mol. The summed E-state index contributed by atoms with van der Waals surface area (Å²) in [4.78, 5) is 14.0. The molecule has 0 aliphatic carbocycles. The van der Waals surface area contributed by atoms with Crippen LogP contribution in [0.15, 0.2) is 24.3 Å². The van der Waals surface area contributed by atoms with Gasteiger partial charge in [-0.25, -0.2) is 0 Å². The zero-order chi connectivity index (χ0) is 14.4. The van der Waals surface area contributed by atoms with Gasteiger partial charge < -0.3 is 15.0 Å². The quantitative estimate of drug-likeness (QED) is 0.878. The summed E-state index contributed by atoms with van der Waals surface area (Å²) in [6.45, 7) is 4.24. The van der Waals surface area contributed by atoms with Gasteiger partial charge in [0, 0.05) is 31.6 Å². The molecule has 0 spiro atoms. The van der Waals surface area contributed by atoms with Crippen LogP contribution in [-0.4, -0.2) is 37.0 Å². The lowest BCUT2D eigenvalue weighted by atomic mass is 10.1. The summed E-state index contributed by atoms with van der Waals surface area (Å²) in [5, 5.41) is 3.37. The fourth-order valence-electron chi connectivity index (χ4n) is 2.57. The number of carbonyl (C=O) groups excluding carboxylic acids is 1. The van der Waals surface area contributed by atoms with E-state index in [1.165, 1.54) is 6.42 Å². The average Bonchev–Trinajstić information content (AvgIpc) is 2.94. The van der Waals surface area contributed by atoms with Gasteiger partial charge in [0.1, 0.15) is 5.75 Å². The zero-order valence-electron chi connectivity index (χ0n) is 12.8. The molecule has 1 aromatic rings. The highest BCUT2D eigenvalue weighted by atomic mass is 35.5. The molecule has 1 N–H and O–H groups in total. The zero-order valence-corrected chi connectivity index (χ0v) is 13.6. The summed E-state index contributed by atoms with van der Waals surface area (Å²) in [5.41, 5.74) is 1.06. The van der Waals surface area contributed by atoms with E-state index in [1.54, 1.807) is 4.90 Å². The Morgan fingerprint density at radius 3 is 2.86 bits per heavy atom. The highest BCUT2D eigenvalue weighted by Crippen LogP contribution is 2.20. The Kier molecular flexibility index (Phi) is 7.54. The van der Waals surface area contributed by atoms with Crippen molar-refractivity contribution in [2.45, 2.75) is 38.8 Å². The smallest absolute Gasteiger partial charge is 0.224 e. The van der Waals surface area contributed by atoms with Gasteiger partial charge in [0.2, 0.25) is 5.91 Å². The lowest BCUT2D eigenvalue weighted by Gasteiger charge is -2.21. The highest BCUT2D eigenvalue weighted by Gasteiger charge is 2.20. The van der Waals surface area contributed by atoms with E-state index in [1.807, 2.05) is 38.2 Å². The van der Waals surface area contributed by atoms with Gasteiger partial charge in [0.25, 0.3) is 0 Å². The lowest BCUT2D eigenvalue weighted by Crippen LogP contribution is -2.33. The first kappa shape index (κ1) is 17.8. The van der Waals surface area contributed by atoms with Gasteiger partial charge in [-0.3, -0.25) is 4.79 Å². The first-order chi connectivity index (χ1) is 9.70. The summed E-state index contributed by atoms with van der Waals surface area (Å²) >= 11 is 0. The molecule has 1 unspecified atom stereocenters. The number of ether oxygens (including phenoxy) is 1. The number of halogens is 1. The van der Waals surface area contributed by atoms with Crippen LogP contribution in [0.3, 0.4) is 0 Å². The largest absolute Gasteiger partial charge is 0.494 e. The molecule has 0 saturated carbocycles. The molecule has 21 heavy (non-hydrogen) atoms. The Balaban J connectivity index is 0.00000220. The minimum atomic E-state index is 0. The molecule has 2 rings (SSSR count). The summed E-state index contributed by atoms with van der Waals surface area (Å²) in [5.74, 6) is 1.06. The maximum Gasteiger partial charge on any atom is 0.224 e. The number of amides is 1. The number of nitrogens with zero attached hydrogens (tertiary/aromatic N) is 1. The SMILES string of the molecule is CCOc1ccccc1CN(C)C(=O)CC1CCCN1.Cl. The lowest BCUT2D eigenvalue weighted by molar-refractivity contribution is -0.130. The van der Waals surface area contributed by atoms with Crippen molar-refractivity contribution in [2.75, 3.05) is 20.2 Å². The van der Waals surface area contributed by atoms with Gasteiger partial charge in [-0.2, -0.15) is 0 Å². The molecule has 0 aromatic heterocycles. The monoisotopic (exact) mass is 312 g/mol. The third-order valence-electron chi connectivity index (χ3n) is 3.69. The first-order valence-corrected chi connectivity index (χ1v) is 7.38. The highest BCUT2D eigenvalue weighted by molar-refractivity contribution is 5.85. The summed E-state index contributed by atoms with van der Waals surface area (Å²) in [6, 6.07) is 8.26. The molecule has 0 radical (unpaired) electrons. The molecule has 1 heterocycles. The summed E-state index contributed by atoms with van der Waals surface area (Å²) in [7, 11) is 1.86. The van der Waals surface area contributed by atoms with Crippen LogP contribution in [0.2, 0.25) is 0 Å². The fraction of sp³-hybridized carbons (Fsp3) is 0.562. The van der Waals surface area contributed by atoms with Crippen LogP contribution in [0, 0.1) is 0 Å². The van der Waals surface area contributed by atoms with Crippen LogP contribution >= 0.6 is 12.4 Å². The van der Waals surface area contributed by atoms with Crippen molar-refractivity contribution in [1.29, 1.82) is 0 Å². The Morgan fingerprint density at radius 1 is 1.43 bits per heavy atom. The standard InChI is InChI=1S/C16H24N2O2.ClH/c1-3-20-15-9-5-4-7-13(15)12-18(2)16(19)11-14-8-6-10-17-14;/h4-5,7,9,14,17H,3,6,8,10-12H2,1-2H3;1H. The fourth-order valence-corrected chi connectivity index (χ4v) is 2.57. The second kappa shape index (κ2) is 8.90. The Labute approximate surface area is 133 Å². The minimum absolute atomic E-state index is 0. The van der Waals surface area contributed by atoms with E-state index in [4.69, 9.17) is 4.74 Å². The van der Waals surface area contributed by atoms with E-state index in [0.717, 1.165) is 24.3 Å². The normalized spacial score (nSPS) is 17.1. The molecule has 1 amide bonds. The summed E-state index contributed by atoms with van der Waals surface area (Å²) in [6.07, 6.45) is 2.87. The van der Waals surface area contributed by atoms with Gasteiger partial charge in [0.15, 0.2) is 0 Å². The van der Waals surface area contributed by atoms with E-state index < -0.39 is 0 Å². The van der Waals surface area contributed by atoms with Crippen molar-refractivity contribution in [1.82, 2.24) is 10.2 Å². The topological polar surface area (TPSA) is 41.6 Å². The molecule has 0 bridgehead atoms. The van der Waals surface area contributed by atoms with E-state index in [9.17, 15) is 4.79 Å². The van der Waals surface area contributed by atoms with E-state index >= 15 is 0 Å². The molecule has 4 nitrogen and oxygen atoms in total. The van der Waals surface area contributed by atoms with Crippen LogP contribution in [0.4, 0.5) is 0 Å². The number of para-hydroxylation sites is 1. The molecule has 1 aliphatic heterocycles. The molecule has 5 heteroatoms. The third-order valence-corrected chi connectivity index (χ3v) is 3.69. The molecule has 118 valence electrons. The maximum absolute atomic E-state index is 12.2. The molecule has 1 aromatic carbocycles. The van der Waals surface area contributed by atoms with E-state index in [2.05, 4.69) is 5.32 Å². The molecule has 1 fully saturated rings. The minimum Gasteiger partial charge on any atom is -0.494 e. The first-order valence-electron chi connectivity index (χ1n) is 7.38. The van der Waals surface area contributed by atoms with Crippen LogP contribution < -0.4 is 10.1 Å². The number of nitrogens with one attached hydrogen (secondary N) is 1. The maximum atomic E-state index is 12.2. The van der Waals surface area contributed by atoms with Crippen molar-refractivity contribution in [3.05, 3.63) is 29.8 Å². The van der Waals surface area contributed by atoms with E-state index in [-0.39, 0.29) is 18.3 Å². The number of benzene rings is 1. The van der Waals surface area contributed by atoms with Crippen LogP contribution in [0.5, 0.6) is 5.75 Å². The van der Waals surface area contributed by atoms with Crippen LogP contribution in [-0.2, 0) is 11.3 Å². The predicted molar refractivity (Wildman–Crippen MR) is 87.0 cm³/mol.